The van der Waals surface area contributed by atoms with E-state index in [4.69, 9.17) is 0 Å². The van der Waals surface area contributed by atoms with E-state index < -0.39 is 32.7 Å². The molecule has 2 unspecified atom stereocenters. The number of benzene rings is 2. The number of amides is 1. The zero-order valence-corrected chi connectivity index (χ0v) is 22.4. The van der Waals surface area contributed by atoms with Crippen LogP contribution in [0.25, 0.3) is 0 Å². The number of hydrogen-bond acceptors (Lipinski definition) is 4. The number of fused-ring (bicyclic) bond motifs is 2. The number of nitrogens with one attached hydrogen (secondary N) is 2. The molecule has 2 heterocycles. The van der Waals surface area contributed by atoms with E-state index in [1.54, 1.807) is 12.1 Å². The third-order valence-corrected chi connectivity index (χ3v) is 9.40. The van der Waals surface area contributed by atoms with Gasteiger partial charge in [-0.1, -0.05) is 24.3 Å². The number of halogens is 3. The molecule has 0 fully saturated rings. The Kier molecular flexibility index (Phi) is 7.58. The Morgan fingerprint density at radius 3 is 2.67 bits per heavy atom. The molecule has 39 heavy (non-hydrogen) atoms. The van der Waals surface area contributed by atoms with Crippen molar-refractivity contribution < 1.29 is 26.4 Å². The summed E-state index contributed by atoms with van der Waals surface area (Å²) in [5.41, 5.74) is 3.02. The Hall–Kier alpha value is -3.15. The number of hydrogen-bond donors (Lipinski definition) is 2. The van der Waals surface area contributed by atoms with E-state index in [2.05, 4.69) is 16.7 Å². The molecular weight excluding hydrogens is 529 g/mol. The zero-order chi connectivity index (χ0) is 27.8. The maximum Gasteiger partial charge on any atom is 0.416 e. The molecule has 0 bridgehead atoms. The second-order valence-corrected chi connectivity index (χ2v) is 12.0. The van der Waals surface area contributed by atoms with Crippen LogP contribution in [0.5, 0.6) is 0 Å². The van der Waals surface area contributed by atoms with E-state index in [0.717, 1.165) is 53.9 Å². The highest BCUT2D eigenvalue weighted by Gasteiger charge is 2.39. The Morgan fingerprint density at radius 1 is 1.08 bits per heavy atom. The molecule has 0 spiro atoms. The zero-order valence-electron chi connectivity index (χ0n) is 21.5. The average molecular weight is 561 g/mol. The Morgan fingerprint density at radius 2 is 1.90 bits per heavy atom. The number of carbonyl (C=O) groups excluding carboxylic acids is 1. The molecule has 0 radical (unpaired) electrons. The molecule has 1 aliphatic carbocycles. The van der Waals surface area contributed by atoms with Gasteiger partial charge in [0.15, 0.2) is 0 Å². The number of alkyl halides is 3. The molecule has 0 saturated heterocycles. The van der Waals surface area contributed by atoms with Crippen molar-refractivity contribution >= 4 is 15.9 Å². The van der Waals surface area contributed by atoms with Crippen LogP contribution in [0.15, 0.2) is 65.7 Å². The van der Waals surface area contributed by atoms with E-state index >= 15 is 0 Å². The summed E-state index contributed by atoms with van der Waals surface area (Å²) in [7, 11) is -2.43. The Balaban J connectivity index is 1.40. The van der Waals surface area contributed by atoms with Gasteiger partial charge in [-0.15, -0.1) is 0 Å². The van der Waals surface area contributed by atoms with Crippen molar-refractivity contribution in [2.75, 3.05) is 13.6 Å². The van der Waals surface area contributed by atoms with Gasteiger partial charge in [0.2, 0.25) is 15.9 Å². The highest BCUT2D eigenvalue weighted by Crippen LogP contribution is 2.37. The van der Waals surface area contributed by atoms with Crippen LogP contribution < -0.4 is 10.6 Å². The van der Waals surface area contributed by atoms with E-state index in [0.29, 0.717) is 18.3 Å². The summed E-state index contributed by atoms with van der Waals surface area (Å²) in [6.07, 6.45) is -0.384. The molecule has 11 heteroatoms. The standard InChI is InChI=1S/C28H31F3N4O3S/c1-32-18-19-10-11-23-20(15-19)5-2-8-24(23)33-27(36)17-26-25-9-4-12-34(25)13-14-35(26)39(37,38)22-7-3-6-21(16-22)28(29,30)31/h3-4,6-7,9-12,15-16,24,26,32H,2,5,8,13-14,17-18H2,1H3,(H,33,36). The average Bonchev–Trinajstić information content (AvgIpc) is 3.38. The fourth-order valence-electron chi connectivity index (χ4n) is 5.67. The number of aromatic nitrogens is 1. The first-order chi connectivity index (χ1) is 18.6. The van der Waals surface area contributed by atoms with Gasteiger partial charge < -0.3 is 15.2 Å². The molecule has 2 aromatic carbocycles. The first kappa shape index (κ1) is 27.4. The summed E-state index contributed by atoms with van der Waals surface area (Å²) in [6.45, 7) is 1.13. The van der Waals surface area contributed by atoms with E-state index in [-0.39, 0.29) is 24.9 Å². The third-order valence-electron chi connectivity index (χ3n) is 7.50. The van der Waals surface area contributed by atoms with Crippen LogP contribution in [0.3, 0.4) is 0 Å². The summed E-state index contributed by atoms with van der Waals surface area (Å²) in [5, 5.41) is 6.25. The van der Waals surface area contributed by atoms with Gasteiger partial charge in [0.05, 0.1) is 22.5 Å². The van der Waals surface area contributed by atoms with Crippen molar-refractivity contribution in [1.29, 1.82) is 0 Å². The van der Waals surface area contributed by atoms with Crippen molar-refractivity contribution in [3.8, 4) is 0 Å². The predicted molar refractivity (Wildman–Crippen MR) is 140 cm³/mol. The highest BCUT2D eigenvalue weighted by atomic mass is 32.2. The fraction of sp³-hybridized carbons (Fsp3) is 0.393. The number of carbonyl (C=O) groups is 1. The maximum atomic E-state index is 13.6. The van der Waals surface area contributed by atoms with Crippen molar-refractivity contribution in [2.45, 2.75) is 61.9 Å². The predicted octanol–water partition coefficient (Wildman–Crippen LogP) is 4.56. The van der Waals surface area contributed by atoms with Crippen LogP contribution in [0, 0.1) is 0 Å². The summed E-state index contributed by atoms with van der Waals surface area (Å²) >= 11 is 0. The van der Waals surface area contributed by atoms with Crippen LogP contribution in [0.2, 0.25) is 0 Å². The molecule has 1 aliphatic heterocycles. The smallest absolute Gasteiger partial charge is 0.349 e. The molecule has 1 amide bonds. The van der Waals surface area contributed by atoms with Gasteiger partial charge in [-0.05, 0) is 73.3 Å². The molecule has 208 valence electrons. The lowest BCUT2D eigenvalue weighted by Gasteiger charge is -2.36. The lowest BCUT2D eigenvalue weighted by atomic mass is 9.86. The molecule has 5 rings (SSSR count). The maximum absolute atomic E-state index is 13.6. The van der Waals surface area contributed by atoms with Gasteiger partial charge in [-0.2, -0.15) is 17.5 Å². The molecule has 2 atom stereocenters. The van der Waals surface area contributed by atoms with Gasteiger partial charge in [0.25, 0.3) is 0 Å². The second kappa shape index (κ2) is 10.8. The summed E-state index contributed by atoms with van der Waals surface area (Å²) in [4.78, 5) is 12.9. The molecule has 3 aromatic rings. The van der Waals surface area contributed by atoms with E-state index in [1.807, 2.05) is 29.9 Å². The van der Waals surface area contributed by atoms with Crippen LogP contribution in [-0.4, -0.2) is 36.8 Å². The minimum atomic E-state index is -4.68. The van der Waals surface area contributed by atoms with Gasteiger partial charge in [0.1, 0.15) is 0 Å². The molecule has 2 aliphatic rings. The monoisotopic (exact) mass is 560 g/mol. The van der Waals surface area contributed by atoms with Gasteiger partial charge >= 0.3 is 6.18 Å². The SMILES string of the molecule is CNCc1ccc2c(c1)CCCC2NC(=O)CC1c2cccn2CCN1S(=O)(=O)c1cccc(C(F)(F)F)c1. The molecule has 1 aromatic heterocycles. The molecule has 2 N–H and O–H groups in total. The summed E-state index contributed by atoms with van der Waals surface area (Å²) < 4.78 is 70.3. The number of sulfonamides is 1. The number of nitrogens with zero attached hydrogens (tertiary/aromatic N) is 2. The topological polar surface area (TPSA) is 83.4 Å². The molecule has 7 nitrogen and oxygen atoms in total. The summed E-state index contributed by atoms with van der Waals surface area (Å²) in [6, 6.07) is 12.5. The lowest BCUT2D eigenvalue weighted by molar-refractivity contribution is -0.137. The third kappa shape index (κ3) is 5.61. The minimum Gasteiger partial charge on any atom is -0.349 e. The van der Waals surface area contributed by atoms with Crippen LogP contribution in [-0.2, 0) is 40.5 Å². The van der Waals surface area contributed by atoms with Crippen molar-refractivity contribution in [2.24, 2.45) is 0 Å². The van der Waals surface area contributed by atoms with Crippen LogP contribution in [0.1, 0.15) is 59.3 Å². The molecular formula is C28H31F3N4O3S. The number of aryl methyl sites for hydroxylation is 1. The van der Waals surface area contributed by atoms with Crippen molar-refractivity contribution in [1.82, 2.24) is 19.5 Å². The second-order valence-electron chi connectivity index (χ2n) is 10.1. The van der Waals surface area contributed by atoms with Crippen LogP contribution in [0.4, 0.5) is 13.2 Å². The van der Waals surface area contributed by atoms with Crippen LogP contribution >= 0.6 is 0 Å². The van der Waals surface area contributed by atoms with Crippen molar-refractivity contribution in [3.63, 3.8) is 0 Å². The normalized spacial score (nSPS) is 19.8. The minimum absolute atomic E-state index is 0.0404. The van der Waals surface area contributed by atoms with Crippen molar-refractivity contribution in [3.05, 3.63) is 88.7 Å². The quantitative estimate of drug-likeness (QED) is 0.444. The lowest BCUT2D eigenvalue weighted by Crippen LogP contribution is -2.44. The fourth-order valence-corrected chi connectivity index (χ4v) is 7.30. The van der Waals surface area contributed by atoms with E-state index in [1.165, 1.54) is 11.1 Å². The Labute approximate surface area is 226 Å². The first-order valence-electron chi connectivity index (χ1n) is 13.0. The molecule has 0 saturated carbocycles. The highest BCUT2D eigenvalue weighted by molar-refractivity contribution is 7.89. The largest absolute Gasteiger partial charge is 0.416 e. The number of rotatable bonds is 7. The Bertz CT molecular complexity index is 1470. The first-order valence-corrected chi connectivity index (χ1v) is 14.4. The van der Waals surface area contributed by atoms with Gasteiger partial charge in [-0.25, -0.2) is 8.42 Å². The van der Waals surface area contributed by atoms with Gasteiger partial charge in [-0.3, -0.25) is 4.79 Å². The summed E-state index contributed by atoms with van der Waals surface area (Å²) in [5.74, 6) is -0.309. The van der Waals surface area contributed by atoms with Gasteiger partial charge in [0, 0.05) is 37.9 Å². The van der Waals surface area contributed by atoms with E-state index in [9.17, 15) is 26.4 Å².